The van der Waals surface area contributed by atoms with E-state index >= 15 is 0 Å². The summed E-state index contributed by atoms with van der Waals surface area (Å²) in [5.74, 6) is -0.166. The summed E-state index contributed by atoms with van der Waals surface area (Å²) >= 11 is 1.60. The average Bonchev–Trinajstić information content (AvgIpc) is 3.53. The molecule has 0 radical (unpaired) electrons. The minimum Gasteiger partial charge on any atom is -0.467 e. The fourth-order valence-electron chi connectivity index (χ4n) is 4.82. The SMILES string of the molecule is CC1(C)SC2c3ccccc3C(=O)N2[C@@H]1C(=O)N[C@@H](Cc1ccccc1)C(=O)NCc1ccco1. The molecule has 35 heavy (non-hydrogen) atoms. The van der Waals surface area contributed by atoms with E-state index in [1.165, 1.54) is 0 Å². The first-order valence-corrected chi connectivity index (χ1v) is 12.5. The van der Waals surface area contributed by atoms with Gasteiger partial charge < -0.3 is 20.0 Å². The predicted octanol–water partition coefficient (Wildman–Crippen LogP) is 3.67. The third-order valence-electron chi connectivity index (χ3n) is 6.48. The summed E-state index contributed by atoms with van der Waals surface area (Å²) < 4.78 is 4.78. The lowest BCUT2D eigenvalue weighted by molar-refractivity contribution is -0.131. The van der Waals surface area contributed by atoms with E-state index in [1.54, 1.807) is 41.1 Å². The number of furan rings is 1. The van der Waals surface area contributed by atoms with E-state index in [0.29, 0.717) is 17.7 Å². The zero-order valence-corrected chi connectivity index (χ0v) is 20.4. The Kier molecular flexibility index (Phi) is 6.15. The van der Waals surface area contributed by atoms with Crippen LogP contribution >= 0.6 is 11.8 Å². The second-order valence-electron chi connectivity index (χ2n) is 9.32. The lowest BCUT2D eigenvalue weighted by Gasteiger charge is -2.31. The molecule has 5 rings (SSSR count). The number of hydrogen-bond acceptors (Lipinski definition) is 5. The van der Waals surface area contributed by atoms with Gasteiger partial charge in [-0.2, -0.15) is 0 Å². The fourth-order valence-corrected chi connectivity index (χ4v) is 6.41. The van der Waals surface area contributed by atoms with Crippen LogP contribution in [0.5, 0.6) is 0 Å². The standard InChI is InChI=1S/C27H27N3O4S/c1-27(2)22(30-25(33)19-12-6-7-13-20(19)26(30)35-27)24(32)29-21(15-17-9-4-3-5-10-17)23(31)28-16-18-11-8-14-34-18/h3-14,21-22,26H,15-16H2,1-2H3,(H,28,31)(H,29,32)/t21-,22+,26?/m0/s1. The Balaban J connectivity index is 1.37. The molecule has 0 bridgehead atoms. The number of rotatable bonds is 7. The molecule has 0 spiro atoms. The van der Waals surface area contributed by atoms with Gasteiger partial charge in [0.05, 0.1) is 12.8 Å². The molecule has 1 aromatic heterocycles. The second kappa shape index (κ2) is 9.26. The summed E-state index contributed by atoms with van der Waals surface area (Å²) in [6.07, 6.45) is 1.88. The maximum absolute atomic E-state index is 13.7. The monoisotopic (exact) mass is 489 g/mol. The van der Waals surface area contributed by atoms with Crippen LogP contribution in [-0.4, -0.2) is 39.5 Å². The Labute approximate surface area is 208 Å². The molecule has 0 saturated carbocycles. The number of thioether (sulfide) groups is 1. The molecular weight excluding hydrogens is 462 g/mol. The van der Waals surface area contributed by atoms with Gasteiger partial charge in [0.25, 0.3) is 5.91 Å². The maximum Gasteiger partial charge on any atom is 0.256 e. The van der Waals surface area contributed by atoms with Crippen LogP contribution < -0.4 is 10.6 Å². The van der Waals surface area contributed by atoms with Crippen molar-refractivity contribution in [2.24, 2.45) is 0 Å². The molecule has 2 aliphatic heterocycles. The van der Waals surface area contributed by atoms with Crippen molar-refractivity contribution in [1.82, 2.24) is 15.5 Å². The van der Waals surface area contributed by atoms with Gasteiger partial charge in [0.1, 0.15) is 23.2 Å². The minimum atomic E-state index is -0.806. The molecule has 1 unspecified atom stereocenters. The molecule has 7 nitrogen and oxygen atoms in total. The Hall–Kier alpha value is -3.52. The highest BCUT2D eigenvalue weighted by Gasteiger charge is 2.57. The van der Waals surface area contributed by atoms with Crippen LogP contribution in [0.2, 0.25) is 0 Å². The molecule has 2 aliphatic rings. The van der Waals surface area contributed by atoms with Crippen LogP contribution in [0.1, 0.15) is 46.5 Å². The van der Waals surface area contributed by atoms with Gasteiger partial charge in [-0.1, -0.05) is 48.5 Å². The molecule has 1 saturated heterocycles. The second-order valence-corrected chi connectivity index (χ2v) is 11.1. The van der Waals surface area contributed by atoms with Crippen molar-refractivity contribution in [2.75, 3.05) is 0 Å². The van der Waals surface area contributed by atoms with Crippen molar-refractivity contribution in [2.45, 2.75) is 49.0 Å². The summed E-state index contributed by atoms with van der Waals surface area (Å²) in [6.45, 7) is 4.17. The van der Waals surface area contributed by atoms with Crippen LogP contribution in [-0.2, 0) is 22.6 Å². The van der Waals surface area contributed by atoms with E-state index in [2.05, 4.69) is 10.6 Å². The molecule has 3 heterocycles. The van der Waals surface area contributed by atoms with Gasteiger partial charge in [-0.25, -0.2) is 0 Å². The van der Waals surface area contributed by atoms with Gasteiger partial charge in [0.2, 0.25) is 11.8 Å². The van der Waals surface area contributed by atoms with Crippen molar-refractivity contribution >= 4 is 29.5 Å². The number of fused-ring (bicyclic) bond motifs is 3. The number of nitrogens with zero attached hydrogens (tertiary/aromatic N) is 1. The number of benzene rings is 2. The van der Waals surface area contributed by atoms with Gasteiger partial charge in [-0.05, 0) is 43.2 Å². The highest BCUT2D eigenvalue weighted by Crippen LogP contribution is 2.56. The minimum absolute atomic E-state index is 0.147. The zero-order valence-electron chi connectivity index (χ0n) is 19.6. The Morgan fingerprint density at radius 3 is 2.54 bits per heavy atom. The van der Waals surface area contributed by atoms with Gasteiger partial charge in [-0.3, -0.25) is 14.4 Å². The molecule has 3 aromatic rings. The summed E-state index contributed by atoms with van der Waals surface area (Å²) in [5.41, 5.74) is 2.49. The molecule has 3 amide bonds. The quantitative estimate of drug-likeness (QED) is 0.528. The summed E-state index contributed by atoms with van der Waals surface area (Å²) in [4.78, 5) is 41.8. The van der Waals surface area contributed by atoms with E-state index < -0.39 is 16.8 Å². The van der Waals surface area contributed by atoms with E-state index in [9.17, 15) is 14.4 Å². The number of carbonyl (C=O) groups is 3. The van der Waals surface area contributed by atoms with Crippen LogP contribution in [0, 0.1) is 0 Å². The molecule has 0 aliphatic carbocycles. The maximum atomic E-state index is 13.7. The first-order valence-electron chi connectivity index (χ1n) is 11.6. The van der Waals surface area contributed by atoms with Gasteiger partial charge in [-0.15, -0.1) is 11.8 Å². The highest BCUT2D eigenvalue weighted by molar-refractivity contribution is 8.01. The topological polar surface area (TPSA) is 91.7 Å². The molecule has 2 N–H and O–H groups in total. The van der Waals surface area contributed by atoms with Crippen LogP contribution in [0.3, 0.4) is 0 Å². The number of carbonyl (C=O) groups excluding carboxylic acids is 3. The molecule has 2 aromatic carbocycles. The van der Waals surface area contributed by atoms with Crippen LogP contribution in [0.25, 0.3) is 0 Å². The number of hydrogen-bond donors (Lipinski definition) is 2. The van der Waals surface area contributed by atoms with Crippen LogP contribution in [0.15, 0.2) is 77.4 Å². The Morgan fingerprint density at radius 2 is 1.80 bits per heavy atom. The predicted molar refractivity (Wildman–Crippen MR) is 133 cm³/mol. The first-order chi connectivity index (χ1) is 16.8. The van der Waals surface area contributed by atoms with Crippen molar-refractivity contribution in [3.05, 3.63) is 95.4 Å². The molecule has 8 heteroatoms. The van der Waals surface area contributed by atoms with Crippen molar-refractivity contribution in [3.8, 4) is 0 Å². The average molecular weight is 490 g/mol. The van der Waals surface area contributed by atoms with E-state index in [1.807, 2.05) is 62.4 Å². The summed E-state index contributed by atoms with van der Waals surface area (Å²) in [7, 11) is 0. The van der Waals surface area contributed by atoms with E-state index in [4.69, 9.17) is 4.42 Å². The van der Waals surface area contributed by atoms with Crippen molar-refractivity contribution < 1.29 is 18.8 Å². The third-order valence-corrected chi connectivity index (χ3v) is 8.01. The third kappa shape index (κ3) is 4.46. The largest absolute Gasteiger partial charge is 0.467 e. The number of amides is 3. The van der Waals surface area contributed by atoms with Crippen molar-refractivity contribution in [3.63, 3.8) is 0 Å². The van der Waals surface area contributed by atoms with E-state index in [0.717, 1.165) is 11.1 Å². The zero-order chi connectivity index (χ0) is 24.6. The lowest BCUT2D eigenvalue weighted by atomic mass is 9.99. The van der Waals surface area contributed by atoms with E-state index in [-0.39, 0.29) is 29.6 Å². The lowest BCUT2D eigenvalue weighted by Crippen LogP contribution is -2.57. The van der Waals surface area contributed by atoms with Crippen molar-refractivity contribution in [1.29, 1.82) is 0 Å². The van der Waals surface area contributed by atoms with Gasteiger partial charge in [0.15, 0.2) is 0 Å². The normalized spacial score (nSPS) is 20.7. The smallest absolute Gasteiger partial charge is 0.256 e. The molecular formula is C27H27N3O4S. The van der Waals surface area contributed by atoms with Gasteiger partial charge >= 0.3 is 0 Å². The molecule has 180 valence electrons. The fraction of sp³-hybridized carbons (Fsp3) is 0.296. The van der Waals surface area contributed by atoms with Crippen LogP contribution in [0.4, 0.5) is 0 Å². The Morgan fingerprint density at radius 1 is 1.06 bits per heavy atom. The van der Waals surface area contributed by atoms with Gasteiger partial charge in [0, 0.05) is 16.7 Å². The first kappa shape index (κ1) is 23.2. The highest BCUT2D eigenvalue weighted by atomic mass is 32.2. The number of nitrogens with one attached hydrogen (secondary N) is 2. The summed E-state index contributed by atoms with van der Waals surface area (Å²) in [5, 5.41) is 5.60. The molecule has 1 fully saturated rings. The molecule has 3 atom stereocenters. The summed E-state index contributed by atoms with van der Waals surface area (Å²) in [6, 6.07) is 19.1. The Bertz CT molecular complexity index is 1240.